The van der Waals surface area contributed by atoms with Crippen molar-refractivity contribution < 1.29 is 4.79 Å². The number of rotatable bonds is 5. The smallest absolute Gasteiger partial charge is 0.220 e. The Morgan fingerprint density at radius 2 is 2.19 bits per heavy atom. The molecule has 2 atom stereocenters. The Hall–Kier alpha value is -0.570. The Morgan fingerprint density at radius 3 is 2.75 bits per heavy atom. The molecule has 0 aliphatic carbocycles. The van der Waals surface area contributed by atoms with Gasteiger partial charge in [-0.1, -0.05) is 13.8 Å². The van der Waals surface area contributed by atoms with Crippen LogP contribution in [0.3, 0.4) is 0 Å². The lowest BCUT2D eigenvalue weighted by Crippen LogP contribution is -2.41. The van der Waals surface area contributed by atoms with E-state index in [1.165, 1.54) is 12.8 Å². The molecule has 94 valence electrons. The van der Waals surface area contributed by atoms with E-state index >= 15 is 0 Å². The van der Waals surface area contributed by atoms with Crippen molar-refractivity contribution in [2.75, 3.05) is 13.1 Å². The van der Waals surface area contributed by atoms with Crippen LogP contribution in [0.5, 0.6) is 0 Å². The molecule has 0 aromatic rings. The largest absolute Gasteiger partial charge is 0.356 e. The van der Waals surface area contributed by atoms with E-state index < -0.39 is 0 Å². The Morgan fingerprint density at radius 1 is 1.44 bits per heavy atom. The molecule has 0 aromatic heterocycles. The van der Waals surface area contributed by atoms with Crippen LogP contribution in [-0.2, 0) is 4.79 Å². The van der Waals surface area contributed by atoms with Crippen molar-refractivity contribution in [1.29, 1.82) is 0 Å². The molecule has 1 rings (SSSR count). The third-order valence-corrected chi connectivity index (χ3v) is 3.30. The van der Waals surface area contributed by atoms with Gasteiger partial charge in [0.15, 0.2) is 0 Å². The second-order valence-electron chi connectivity index (χ2n) is 5.49. The summed E-state index contributed by atoms with van der Waals surface area (Å²) in [6.45, 7) is 8.42. The van der Waals surface area contributed by atoms with E-state index in [1.807, 2.05) is 0 Å². The zero-order valence-corrected chi connectivity index (χ0v) is 10.9. The van der Waals surface area contributed by atoms with E-state index in [4.69, 9.17) is 0 Å². The lowest BCUT2D eigenvalue weighted by atomic mass is 9.95. The predicted molar refractivity (Wildman–Crippen MR) is 67.3 cm³/mol. The fourth-order valence-electron chi connectivity index (χ4n) is 2.00. The van der Waals surface area contributed by atoms with Crippen molar-refractivity contribution in [3.05, 3.63) is 0 Å². The van der Waals surface area contributed by atoms with Crippen LogP contribution >= 0.6 is 0 Å². The van der Waals surface area contributed by atoms with Crippen molar-refractivity contribution in [2.45, 2.75) is 52.5 Å². The van der Waals surface area contributed by atoms with E-state index in [2.05, 4.69) is 31.4 Å². The summed E-state index contributed by atoms with van der Waals surface area (Å²) >= 11 is 0. The highest BCUT2D eigenvalue weighted by molar-refractivity contribution is 5.75. The number of carbonyl (C=O) groups excluding carboxylic acids is 1. The molecule has 1 heterocycles. The van der Waals surface area contributed by atoms with Crippen molar-refractivity contribution in [1.82, 2.24) is 10.6 Å². The number of amides is 1. The van der Waals surface area contributed by atoms with Crippen LogP contribution in [0, 0.1) is 11.8 Å². The number of piperidine rings is 1. The standard InChI is InChI=1S/C13H26N2O/c1-10(2)4-7-13(16)15-9-12-6-5-11(3)14-8-12/h10-12,14H,4-9H2,1-3H3,(H,15,16). The molecule has 0 aromatic carbocycles. The van der Waals surface area contributed by atoms with Gasteiger partial charge < -0.3 is 10.6 Å². The van der Waals surface area contributed by atoms with Crippen molar-refractivity contribution in [3.8, 4) is 0 Å². The van der Waals surface area contributed by atoms with Gasteiger partial charge in [-0.15, -0.1) is 0 Å². The summed E-state index contributed by atoms with van der Waals surface area (Å²) in [5.74, 6) is 1.45. The molecule has 0 spiro atoms. The van der Waals surface area contributed by atoms with Gasteiger partial charge in [0, 0.05) is 19.0 Å². The fourth-order valence-corrected chi connectivity index (χ4v) is 2.00. The Labute approximate surface area is 99.4 Å². The van der Waals surface area contributed by atoms with Gasteiger partial charge in [-0.25, -0.2) is 0 Å². The SMILES string of the molecule is CC(C)CCC(=O)NCC1CCC(C)NC1. The van der Waals surface area contributed by atoms with Crippen LogP contribution in [0.15, 0.2) is 0 Å². The van der Waals surface area contributed by atoms with E-state index in [-0.39, 0.29) is 5.91 Å². The maximum Gasteiger partial charge on any atom is 0.220 e. The van der Waals surface area contributed by atoms with Crippen LogP contribution in [0.25, 0.3) is 0 Å². The van der Waals surface area contributed by atoms with Gasteiger partial charge >= 0.3 is 0 Å². The number of hydrogen-bond acceptors (Lipinski definition) is 2. The summed E-state index contributed by atoms with van der Waals surface area (Å²) in [6, 6.07) is 0.646. The molecule has 0 radical (unpaired) electrons. The lowest BCUT2D eigenvalue weighted by Gasteiger charge is -2.27. The second-order valence-corrected chi connectivity index (χ2v) is 5.49. The first kappa shape index (κ1) is 13.5. The van der Waals surface area contributed by atoms with Crippen molar-refractivity contribution in [3.63, 3.8) is 0 Å². The Bertz CT molecular complexity index is 208. The minimum absolute atomic E-state index is 0.215. The van der Waals surface area contributed by atoms with Crippen molar-refractivity contribution in [2.24, 2.45) is 11.8 Å². The van der Waals surface area contributed by atoms with E-state index in [1.54, 1.807) is 0 Å². The summed E-state index contributed by atoms with van der Waals surface area (Å²) in [7, 11) is 0. The maximum atomic E-state index is 11.5. The molecule has 3 nitrogen and oxygen atoms in total. The normalized spacial score (nSPS) is 25.8. The molecule has 1 aliphatic heterocycles. The van der Waals surface area contributed by atoms with Gasteiger partial charge in [-0.3, -0.25) is 4.79 Å². The molecule has 3 heteroatoms. The van der Waals surface area contributed by atoms with Crippen LogP contribution in [0.2, 0.25) is 0 Å². The summed E-state index contributed by atoms with van der Waals surface area (Å²) < 4.78 is 0. The maximum absolute atomic E-state index is 11.5. The molecule has 1 fully saturated rings. The summed E-state index contributed by atoms with van der Waals surface area (Å²) in [5.41, 5.74) is 0. The van der Waals surface area contributed by atoms with Crippen LogP contribution in [0.4, 0.5) is 0 Å². The second kappa shape index (κ2) is 6.89. The van der Waals surface area contributed by atoms with Gasteiger partial charge in [0.25, 0.3) is 0 Å². The zero-order chi connectivity index (χ0) is 12.0. The Kier molecular flexibility index (Phi) is 5.81. The topological polar surface area (TPSA) is 41.1 Å². The van der Waals surface area contributed by atoms with E-state index in [9.17, 15) is 4.79 Å². The first-order valence-electron chi connectivity index (χ1n) is 6.58. The average molecular weight is 226 g/mol. The van der Waals surface area contributed by atoms with E-state index in [0.29, 0.717) is 24.3 Å². The number of carbonyl (C=O) groups is 1. The van der Waals surface area contributed by atoms with Gasteiger partial charge in [0.05, 0.1) is 0 Å². The minimum Gasteiger partial charge on any atom is -0.356 e. The number of nitrogens with one attached hydrogen (secondary N) is 2. The molecule has 1 saturated heterocycles. The quantitative estimate of drug-likeness (QED) is 0.752. The lowest BCUT2D eigenvalue weighted by molar-refractivity contribution is -0.121. The molecule has 1 amide bonds. The van der Waals surface area contributed by atoms with Crippen LogP contribution in [-0.4, -0.2) is 25.0 Å². The molecular weight excluding hydrogens is 200 g/mol. The zero-order valence-electron chi connectivity index (χ0n) is 10.9. The number of hydrogen-bond donors (Lipinski definition) is 2. The molecule has 2 unspecified atom stereocenters. The average Bonchev–Trinajstić information content (AvgIpc) is 2.25. The highest BCUT2D eigenvalue weighted by atomic mass is 16.1. The van der Waals surface area contributed by atoms with Crippen molar-refractivity contribution >= 4 is 5.91 Å². The summed E-state index contributed by atoms with van der Waals surface area (Å²) in [4.78, 5) is 11.5. The summed E-state index contributed by atoms with van der Waals surface area (Å²) in [5, 5.41) is 6.50. The molecule has 1 aliphatic rings. The molecule has 0 saturated carbocycles. The van der Waals surface area contributed by atoms with E-state index in [0.717, 1.165) is 19.5 Å². The van der Waals surface area contributed by atoms with Gasteiger partial charge in [0.1, 0.15) is 0 Å². The van der Waals surface area contributed by atoms with Gasteiger partial charge in [-0.2, -0.15) is 0 Å². The van der Waals surface area contributed by atoms with Crippen LogP contribution in [0.1, 0.15) is 46.5 Å². The molecule has 0 bridgehead atoms. The van der Waals surface area contributed by atoms with Crippen LogP contribution < -0.4 is 10.6 Å². The molecule has 2 N–H and O–H groups in total. The molecular formula is C13H26N2O. The van der Waals surface area contributed by atoms with Gasteiger partial charge in [0.2, 0.25) is 5.91 Å². The predicted octanol–water partition coefficient (Wildman–Crippen LogP) is 1.93. The first-order chi connectivity index (χ1) is 7.58. The highest BCUT2D eigenvalue weighted by Gasteiger charge is 2.17. The first-order valence-corrected chi connectivity index (χ1v) is 6.58. The minimum atomic E-state index is 0.215. The highest BCUT2D eigenvalue weighted by Crippen LogP contribution is 2.13. The molecule has 16 heavy (non-hydrogen) atoms. The fraction of sp³-hybridized carbons (Fsp3) is 0.923. The third-order valence-electron chi connectivity index (χ3n) is 3.30. The third kappa shape index (κ3) is 5.50. The summed E-state index contributed by atoms with van der Waals surface area (Å²) in [6.07, 6.45) is 4.13. The Balaban J connectivity index is 2.07. The monoisotopic (exact) mass is 226 g/mol. The van der Waals surface area contributed by atoms with Gasteiger partial charge in [-0.05, 0) is 44.6 Å².